The molecule has 2 fully saturated rings. The lowest BCUT2D eigenvalue weighted by Gasteiger charge is -2.35. The van der Waals surface area contributed by atoms with Gasteiger partial charge in [-0.2, -0.15) is 0 Å². The van der Waals surface area contributed by atoms with Crippen LogP contribution in [0.15, 0.2) is 134 Å². The van der Waals surface area contributed by atoms with Crippen molar-refractivity contribution in [2.45, 2.75) is 13.8 Å². The van der Waals surface area contributed by atoms with Gasteiger partial charge >= 0.3 is 0 Å². The Hall–Kier alpha value is -8.40. The first-order valence-corrected chi connectivity index (χ1v) is 23.5. The maximum atomic E-state index is 12.8. The van der Waals surface area contributed by atoms with Crippen LogP contribution in [-0.4, -0.2) is 122 Å². The summed E-state index contributed by atoms with van der Waals surface area (Å²) in [6.45, 7) is 11.0. The molecule has 70 heavy (non-hydrogen) atoms. The highest BCUT2D eigenvalue weighted by Gasteiger charge is 2.23. The number of aryl methyl sites for hydroxylation is 2. The fourth-order valence-corrected chi connectivity index (χ4v) is 8.67. The first-order valence-electron chi connectivity index (χ1n) is 23.5. The van der Waals surface area contributed by atoms with Crippen molar-refractivity contribution in [1.82, 2.24) is 29.9 Å². The Bertz CT molecular complexity index is 2910. The molecule has 10 rings (SSSR count). The van der Waals surface area contributed by atoms with Gasteiger partial charge in [0.05, 0.1) is 11.0 Å². The van der Waals surface area contributed by atoms with Crippen LogP contribution in [0.25, 0.3) is 21.8 Å². The predicted octanol–water partition coefficient (Wildman–Crippen LogP) is 7.96. The van der Waals surface area contributed by atoms with E-state index in [4.69, 9.17) is 9.97 Å². The summed E-state index contributed by atoms with van der Waals surface area (Å²) < 4.78 is 0. The highest BCUT2D eigenvalue weighted by molar-refractivity contribution is 6.06. The van der Waals surface area contributed by atoms with Gasteiger partial charge in [0, 0.05) is 150 Å². The zero-order valence-electron chi connectivity index (χ0n) is 40.5. The lowest BCUT2D eigenvalue weighted by Crippen LogP contribution is -2.47. The van der Waals surface area contributed by atoms with E-state index in [1.54, 1.807) is 24.8 Å². The smallest absolute Gasteiger partial charge is 0.255 e. The second-order valence-electron chi connectivity index (χ2n) is 17.9. The van der Waals surface area contributed by atoms with Crippen molar-refractivity contribution in [3.63, 3.8) is 0 Å². The molecular weight excluding hydrogens is 877 g/mol. The molecule has 2 amide bonds. The van der Waals surface area contributed by atoms with Gasteiger partial charge in [-0.15, -0.1) is 0 Å². The number of benzene rings is 4. The largest absolute Gasteiger partial charge is 0.378 e. The molecule has 0 unspecified atom stereocenters. The minimum absolute atomic E-state index is 0.129. The molecule has 0 atom stereocenters. The molecule has 2 N–H and O–H groups in total. The molecule has 0 bridgehead atoms. The van der Waals surface area contributed by atoms with E-state index in [-0.39, 0.29) is 11.8 Å². The van der Waals surface area contributed by atoms with Crippen molar-refractivity contribution in [1.29, 1.82) is 0 Å². The van der Waals surface area contributed by atoms with Crippen molar-refractivity contribution in [2.24, 2.45) is 0 Å². The number of rotatable bonds is 10. The summed E-state index contributed by atoms with van der Waals surface area (Å²) in [6, 6.07) is 34.9. The average Bonchev–Trinajstić information content (AvgIpc) is 3.39. The van der Waals surface area contributed by atoms with Gasteiger partial charge in [0.15, 0.2) is 0 Å². The second kappa shape index (κ2) is 20.9. The number of pyridine rings is 2. The van der Waals surface area contributed by atoms with Crippen LogP contribution in [0.4, 0.5) is 46.3 Å². The SMILES string of the molecule is Cc1cc(N2CCN(c3ncccn3)CC2)nc2ccc(NC(=O)c3cccc(N(C)C)c3)cc12.Cc1cc(N2CCN(c3ncccn3)CC2)nc2ccc(NC(=O)c3cccc(N(C)C)c3)cc12. The van der Waals surface area contributed by atoms with Gasteiger partial charge in [-0.05, 0) is 122 Å². The molecule has 0 saturated carbocycles. The number of aromatic nitrogens is 6. The number of nitrogens with one attached hydrogen (secondary N) is 2. The number of piperazine rings is 2. The number of carbonyl (C=O) groups is 2. The molecule has 2 saturated heterocycles. The minimum Gasteiger partial charge on any atom is -0.378 e. The number of anilines is 8. The van der Waals surface area contributed by atoms with E-state index in [0.717, 1.165) is 132 Å². The Morgan fingerprint density at radius 3 is 1.20 bits per heavy atom. The van der Waals surface area contributed by atoms with Gasteiger partial charge in [0.2, 0.25) is 11.9 Å². The Kier molecular flexibility index (Phi) is 13.9. The van der Waals surface area contributed by atoms with Crippen LogP contribution in [0.3, 0.4) is 0 Å². The van der Waals surface area contributed by atoms with E-state index in [1.807, 2.05) is 135 Å². The van der Waals surface area contributed by atoms with Crippen molar-refractivity contribution >= 4 is 79.9 Å². The Balaban J connectivity index is 0.000000174. The molecular formula is C54H58N14O2. The number of hydrogen-bond acceptors (Lipinski definition) is 14. The van der Waals surface area contributed by atoms with Crippen LogP contribution >= 0.6 is 0 Å². The Morgan fingerprint density at radius 1 is 0.457 bits per heavy atom. The van der Waals surface area contributed by atoms with Gasteiger partial charge in [0.25, 0.3) is 11.8 Å². The van der Waals surface area contributed by atoms with Crippen LogP contribution in [0, 0.1) is 13.8 Å². The summed E-state index contributed by atoms with van der Waals surface area (Å²) in [6.07, 6.45) is 7.11. The lowest BCUT2D eigenvalue weighted by molar-refractivity contribution is 0.101. The van der Waals surface area contributed by atoms with Gasteiger partial charge in [0.1, 0.15) is 11.6 Å². The van der Waals surface area contributed by atoms with E-state index in [1.165, 1.54) is 0 Å². The van der Waals surface area contributed by atoms with Gasteiger partial charge < -0.3 is 40.0 Å². The van der Waals surface area contributed by atoms with Crippen LogP contribution < -0.4 is 40.0 Å². The summed E-state index contributed by atoms with van der Waals surface area (Å²) in [5.74, 6) is 3.24. The zero-order chi connectivity index (χ0) is 48.7. The molecule has 0 spiro atoms. The van der Waals surface area contributed by atoms with Crippen molar-refractivity contribution < 1.29 is 9.59 Å². The van der Waals surface area contributed by atoms with Gasteiger partial charge in [-0.1, -0.05) is 12.1 Å². The number of hydrogen-bond donors (Lipinski definition) is 2. The van der Waals surface area contributed by atoms with Crippen LogP contribution in [0.1, 0.15) is 31.8 Å². The van der Waals surface area contributed by atoms with E-state index >= 15 is 0 Å². The minimum atomic E-state index is -0.129. The summed E-state index contributed by atoms with van der Waals surface area (Å²) in [4.78, 5) is 65.9. The molecule has 356 valence electrons. The predicted molar refractivity (Wildman–Crippen MR) is 283 cm³/mol. The van der Waals surface area contributed by atoms with E-state index in [9.17, 15) is 9.59 Å². The standard InChI is InChI=1S/2C27H29N7O/c2*1-19-16-25(33-12-14-34(15-13-33)27-28-10-5-11-29-27)31-24-9-8-21(18-23(19)24)30-26(35)20-6-4-7-22(17-20)32(2)3/h2*4-11,16-18H,12-15H2,1-3H3,(H,30,35). The molecule has 4 aromatic heterocycles. The third-order valence-electron chi connectivity index (χ3n) is 12.6. The van der Waals surface area contributed by atoms with Crippen LogP contribution in [0.5, 0.6) is 0 Å². The third kappa shape index (κ3) is 10.8. The summed E-state index contributed by atoms with van der Waals surface area (Å²) >= 11 is 0. The maximum Gasteiger partial charge on any atom is 0.255 e. The van der Waals surface area contributed by atoms with E-state index < -0.39 is 0 Å². The lowest BCUT2D eigenvalue weighted by atomic mass is 10.1. The Morgan fingerprint density at radius 2 is 0.829 bits per heavy atom. The molecule has 0 aliphatic carbocycles. The molecule has 6 heterocycles. The summed E-state index contributed by atoms with van der Waals surface area (Å²) in [7, 11) is 7.84. The molecule has 0 radical (unpaired) electrons. The number of nitrogens with zero attached hydrogens (tertiary/aromatic N) is 12. The normalized spacial score (nSPS) is 13.7. The van der Waals surface area contributed by atoms with Gasteiger partial charge in [-0.25, -0.2) is 29.9 Å². The molecule has 16 nitrogen and oxygen atoms in total. The third-order valence-corrected chi connectivity index (χ3v) is 12.6. The molecule has 8 aromatic rings. The highest BCUT2D eigenvalue weighted by atomic mass is 16.2. The quantitative estimate of drug-likeness (QED) is 0.136. The molecule has 2 aliphatic heterocycles. The average molecular weight is 935 g/mol. The van der Waals surface area contributed by atoms with Crippen molar-refractivity contribution in [3.05, 3.63) is 156 Å². The molecule has 4 aromatic carbocycles. The fraction of sp³-hybridized carbons (Fsp3) is 0.259. The number of fused-ring (bicyclic) bond motifs is 2. The van der Waals surface area contributed by atoms with E-state index in [0.29, 0.717) is 11.1 Å². The first kappa shape index (κ1) is 46.7. The molecule has 2 aliphatic rings. The second-order valence-corrected chi connectivity index (χ2v) is 17.9. The molecule has 16 heteroatoms. The fourth-order valence-electron chi connectivity index (χ4n) is 8.67. The van der Waals surface area contributed by atoms with Crippen LogP contribution in [0.2, 0.25) is 0 Å². The maximum absolute atomic E-state index is 12.8. The van der Waals surface area contributed by atoms with E-state index in [2.05, 4.69) is 76.1 Å². The van der Waals surface area contributed by atoms with Gasteiger partial charge in [-0.3, -0.25) is 9.59 Å². The zero-order valence-corrected chi connectivity index (χ0v) is 40.5. The van der Waals surface area contributed by atoms with Crippen molar-refractivity contribution in [3.8, 4) is 0 Å². The first-order chi connectivity index (χ1) is 33.9. The number of amides is 2. The monoisotopic (exact) mass is 934 g/mol. The highest BCUT2D eigenvalue weighted by Crippen LogP contribution is 2.29. The summed E-state index contributed by atoms with van der Waals surface area (Å²) in [5, 5.41) is 8.12. The summed E-state index contributed by atoms with van der Waals surface area (Å²) in [5.41, 5.74) is 8.83. The Labute approximate surface area is 408 Å². The van der Waals surface area contributed by atoms with Crippen LogP contribution in [-0.2, 0) is 0 Å². The number of carbonyl (C=O) groups excluding carboxylic acids is 2. The topological polar surface area (TPSA) is 155 Å². The van der Waals surface area contributed by atoms with Crippen molar-refractivity contribution in [2.75, 3.05) is 121 Å².